The van der Waals surface area contributed by atoms with Gasteiger partial charge in [0.15, 0.2) is 0 Å². The topological polar surface area (TPSA) is 88.8 Å². The third kappa shape index (κ3) is 3.58. The molecule has 0 fully saturated rings. The van der Waals surface area contributed by atoms with Crippen LogP contribution < -0.4 is 15.7 Å². The average Bonchev–Trinajstić information content (AvgIpc) is 3.02. The van der Waals surface area contributed by atoms with Gasteiger partial charge in [-0.25, -0.2) is 4.79 Å². The van der Waals surface area contributed by atoms with E-state index in [9.17, 15) is 14.7 Å². The molecule has 0 spiro atoms. The van der Waals surface area contributed by atoms with Gasteiger partial charge in [-0.15, -0.1) is 0 Å². The maximum atomic E-state index is 12.5. The van der Waals surface area contributed by atoms with E-state index >= 15 is 0 Å². The molecule has 3 rings (SSSR count). The Morgan fingerprint density at radius 1 is 1.32 bits per heavy atom. The van der Waals surface area contributed by atoms with Crippen molar-refractivity contribution in [1.82, 2.24) is 5.32 Å². The Morgan fingerprint density at radius 2 is 2.04 bits per heavy atom. The van der Waals surface area contributed by atoms with Gasteiger partial charge in [-0.1, -0.05) is 12.2 Å². The molecule has 0 aliphatic heterocycles. The summed E-state index contributed by atoms with van der Waals surface area (Å²) < 4.78 is 10.9. The molecule has 0 radical (unpaired) electrons. The fraction of sp³-hybridized carbons (Fsp3) is 0.368. The first-order chi connectivity index (χ1) is 11.9. The number of fused-ring (bicyclic) bond motifs is 1. The monoisotopic (exact) mass is 343 g/mol. The second kappa shape index (κ2) is 6.72. The van der Waals surface area contributed by atoms with Crippen LogP contribution in [0.15, 0.2) is 45.6 Å². The molecule has 132 valence electrons. The molecule has 1 aliphatic carbocycles. The van der Waals surface area contributed by atoms with Crippen LogP contribution in [0, 0.1) is 0 Å². The number of aliphatic hydroxyl groups is 1. The molecular formula is C19H21NO5. The molecule has 6 heteroatoms. The molecule has 0 atom stereocenters. The highest BCUT2D eigenvalue weighted by atomic mass is 16.5. The largest absolute Gasteiger partial charge is 0.491 e. The molecule has 0 saturated carbocycles. The van der Waals surface area contributed by atoms with Crippen LogP contribution >= 0.6 is 0 Å². The van der Waals surface area contributed by atoms with Crippen molar-refractivity contribution in [2.24, 2.45) is 0 Å². The molecule has 6 nitrogen and oxygen atoms in total. The first kappa shape index (κ1) is 17.2. The number of rotatable bonds is 5. The van der Waals surface area contributed by atoms with Crippen LogP contribution in [0.5, 0.6) is 5.75 Å². The molecular weight excluding hydrogens is 322 g/mol. The Morgan fingerprint density at radius 3 is 2.68 bits per heavy atom. The summed E-state index contributed by atoms with van der Waals surface area (Å²) >= 11 is 0. The molecule has 2 N–H and O–H groups in total. The Labute approximate surface area is 145 Å². The highest BCUT2D eigenvalue weighted by molar-refractivity contribution is 5.97. The van der Waals surface area contributed by atoms with E-state index in [1.807, 2.05) is 26.0 Å². The standard InChI is InChI=1S/C19H21NO5/c1-12(2)24-14-6-5-13-9-15(18(23)25-16(13)10-14)17(22)20-19(11-21)7-3-4-8-19/h3-6,9-10,12,21H,7-8,11H2,1-2H3,(H,20,22). The van der Waals surface area contributed by atoms with E-state index in [1.165, 1.54) is 6.07 Å². The summed E-state index contributed by atoms with van der Waals surface area (Å²) in [5, 5.41) is 13.0. The summed E-state index contributed by atoms with van der Waals surface area (Å²) in [6.45, 7) is 3.62. The molecule has 0 saturated heterocycles. The summed E-state index contributed by atoms with van der Waals surface area (Å²) in [7, 11) is 0. The van der Waals surface area contributed by atoms with Gasteiger partial charge in [-0.2, -0.15) is 0 Å². The number of nitrogens with one attached hydrogen (secondary N) is 1. The minimum Gasteiger partial charge on any atom is -0.491 e. The third-order valence-electron chi connectivity index (χ3n) is 4.19. The van der Waals surface area contributed by atoms with Crippen molar-refractivity contribution < 1.29 is 19.1 Å². The first-order valence-electron chi connectivity index (χ1n) is 8.25. The lowest BCUT2D eigenvalue weighted by Crippen LogP contribution is -2.50. The van der Waals surface area contributed by atoms with Gasteiger partial charge in [-0.3, -0.25) is 4.79 Å². The number of carbonyl (C=O) groups excluding carboxylic acids is 1. The summed E-state index contributed by atoms with van der Waals surface area (Å²) in [5.41, 5.74) is -1.18. The van der Waals surface area contributed by atoms with Crippen molar-refractivity contribution >= 4 is 16.9 Å². The van der Waals surface area contributed by atoms with E-state index in [2.05, 4.69) is 5.32 Å². The van der Waals surface area contributed by atoms with Gasteiger partial charge in [0, 0.05) is 11.5 Å². The van der Waals surface area contributed by atoms with Gasteiger partial charge in [-0.05, 0) is 44.9 Å². The zero-order valence-corrected chi connectivity index (χ0v) is 14.2. The summed E-state index contributed by atoms with van der Waals surface area (Å²) in [6.07, 6.45) is 4.86. The van der Waals surface area contributed by atoms with Crippen LogP contribution in [0.3, 0.4) is 0 Å². The summed E-state index contributed by atoms with van der Waals surface area (Å²) in [6, 6.07) is 6.64. The maximum Gasteiger partial charge on any atom is 0.349 e. The number of amides is 1. The highest BCUT2D eigenvalue weighted by Gasteiger charge is 2.33. The van der Waals surface area contributed by atoms with Crippen LogP contribution in [0.25, 0.3) is 11.0 Å². The van der Waals surface area contributed by atoms with Gasteiger partial charge in [0.2, 0.25) is 0 Å². The van der Waals surface area contributed by atoms with E-state index < -0.39 is 17.1 Å². The lowest BCUT2D eigenvalue weighted by atomic mass is 9.97. The van der Waals surface area contributed by atoms with Crippen molar-refractivity contribution in [3.63, 3.8) is 0 Å². The molecule has 1 heterocycles. The quantitative estimate of drug-likeness (QED) is 0.643. The molecule has 25 heavy (non-hydrogen) atoms. The number of benzene rings is 1. The zero-order valence-electron chi connectivity index (χ0n) is 14.2. The van der Waals surface area contributed by atoms with Gasteiger partial charge in [0.1, 0.15) is 16.9 Å². The Balaban J connectivity index is 1.90. The van der Waals surface area contributed by atoms with Gasteiger partial charge in [0.05, 0.1) is 18.2 Å². The molecule has 0 unspecified atom stereocenters. The van der Waals surface area contributed by atoms with Crippen molar-refractivity contribution in [3.8, 4) is 5.75 Å². The van der Waals surface area contributed by atoms with Crippen molar-refractivity contribution in [2.45, 2.75) is 38.3 Å². The van der Waals surface area contributed by atoms with Crippen molar-refractivity contribution in [2.75, 3.05) is 6.61 Å². The predicted molar refractivity (Wildman–Crippen MR) is 93.9 cm³/mol. The van der Waals surface area contributed by atoms with Crippen molar-refractivity contribution in [3.05, 3.63) is 52.4 Å². The lowest BCUT2D eigenvalue weighted by Gasteiger charge is -2.27. The van der Waals surface area contributed by atoms with Gasteiger partial charge >= 0.3 is 5.63 Å². The lowest BCUT2D eigenvalue weighted by molar-refractivity contribution is 0.0842. The SMILES string of the molecule is CC(C)Oc1ccc2cc(C(=O)NC3(CO)CC=CC3)c(=O)oc2c1. The molecule has 0 bridgehead atoms. The number of carbonyl (C=O) groups is 1. The Hall–Kier alpha value is -2.60. The smallest absolute Gasteiger partial charge is 0.349 e. The molecule has 1 amide bonds. The van der Waals surface area contributed by atoms with E-state index in [4.69, 9.17) is 9.15 Å². The second-order valence-corrected chi connectivity index (χ2v) is 6.59. The van der Waals surface area contributed by atoms with Crippen LogP contribution in [0.2, 0.25) is 0 Å². The minimum absolute atomic E-state index is 0.00363. The van der Waals surface area contributed by atoms with Crippen molar-refractivity contribution in [1.29, 1.82) is 0 Å². The molecule has 1 aliphatic rings. The fourth-order valence-electron chi connectivity index (χ4n) is 2.88. The molecule has 1 aromatic heterocycles. The molecule has 2 aromatic rings. The van der Waals surface area contributed by atoms with E-state index in [0.29, 0.717) is 29.6 Å². The predicted octanol–water partition coefficient (Wildman–Crippen LogP) is 2.39. The van der Waals surface area contributed by atoms with Crippen LogP contribution in [0.1, 0.15) is 37.0 Å². The number of ether oxygens (including phenoxy) is 1. The number of hydrogen-bond donors (Lipinski definition) is 2. The van der Waals surface area contributed by atoms with Gasteiger partial charge < -0.3 is 19.6 Å². The Bertz CT molecular complexity index is 873. The normalized spacial score (nSPS) is 15.7. The summed E-state index contributed by atoms with van der Waals surface area (Å²) in [5.74, 6) is 0.0509. The van der Waals surface area contributed by atoms with Crippen LogP contribution in [-0.4, -0.2) is 29.3 Å². The third-order valence-corrected chi connectivity index (χ3v) is 4.19. The number of aliphatic hydroxyl groups excluding tert-OH is 1. The number of hydrogen-bond acceptors (Lipinski definition) is 5. The fourth-order valence-corrected chi connectivity index (χ4v) is 2.88. The maximum absolute atomic E-state index is 12.5. The highest BCUT2D eigenvalue weighted by Crippen LogP contribution is 2.24. The molecule has 1 aromatic carbocycles. The Kier molecular flexibility index (Phi) is 4.63. The van der Waals surface area contributed by atoms with Crippen LogP contribution in [-0.2, 0) is 0 Å². The van der Waals surface area contributed by atoms with Crippen LogP contribution in [0.4, 0.5) is 0 Å². The van der Waals surface area contributed by atoms with E-state index in [0.717, 1.165) is 0 Å². The first-order valence-corrected chi connectivity index (χ1v) is 8.25. The minimum atomic E-state index is -0.743. The zero-order chi connectivity index (χ0) is 18.0. The average molecular weight is 343 g/mol. The van der Waals surface area contributed by atoms with E-state index in [-0.39, 0.29) is 18.3 Å². The second-order valence-electron chi connectivity index (χ2n) is 6.59. The summed E-state index contributed by atoms with van der Waals surface area (Å²) in [4.78, 5) is 24.7. The van der Waals surface area contributed by atoms with E-state index in [1.54, 1.807) is 18.2 Å². The van der Waals surface area contributed by atoms with Gasteiger partial charge in [0.25, 0.3) is 5.91 Å².